The Kier molecular flexibility index (Phi) is 7.27. The summed E-state index contributed by atoms with van der Waals surface area (Å²) in [5, 5.41) is 19.9. The molecule has 2 saturated heterocycles. The Balaban J connectivity index is 1.26. The quantitative estimate of drug-likeness (QED) is 0.437. The molecule has 13 nitrogen and oxygen atoms in total. The standard InChI is InChI=1S/C24H30N12O/c25-7-6-22(37)35-11-1-10-34(14-15-35)20-16-21(29-17-28-20)36-23(26)31-24(32-36)30-18-2-4-19(5-3-18)33-12-8-27-9-13-33/h2-5,16-17,27H,1,6,8-15H2,(H3,26,30,31,32). The number of nitrogens with one attached hydrogen (secondary N) is 2. The van der Waals surface area contributed by atoms with E-state index in [9.17, 15) is 4.79 Å². The number of nitrogen functional groups attached to an aromatic ring is 1. The van der Waals surface area contributed by atoms with Gasteiger partial charge in [-0.1, -0.05) is 0 Å². The van der Waals surface area contributed by atoms with Crippen LogP contribution in [0.5, 0.6) is 0 Å². The Labute approximate surface area is 214 Å². The number of hydrogen-bond donors (Lipinski definition) is 3. The molecule has 0 spiro atoms. The number of carbonyl (C=O) groups is 1. The SMILES string of the molecule is N#CCC(=O)N1CCCN(c2cc(-n3nc(Nc4ccc(N5CCNCC5)cc4)nc3N)ncn2)CC1. The second kappa shape index (κ2) is 11.1. The average molecular weight is 503 g/mol. The van der Waals surface area contributed by atoms with Crippen LogP contribution < -0.4 is 26.2 Å². The van der Waals surface area contributed by atoms with Crippen molar-refractivity contribution in [2.24, 2.45) is 0 Å². The molecule has 3 aromatic rings. The average Bonchev–Trinajstić information content (AvgIpc) is 3.12. The molecule has 2 aromatic heterocycles. The highest BCUT2D eigenvalue weighted by atomic mass is 16.2. The van der Waals surface area contributed by atoms with Gasteiger partial charge < -0.3 is 31.1 Å². The van der Waals surface area contributed by atoms with E-state index in [1.54, 1.807) is 4.90 Å². The number of rotatable bonds is 6. The van der Waals surface area contributed by atoms with Crippen molar-refractivity contribution in [2.45, 2.75) is 12.8 Å². The van der Waals surface area contributed by atoms with Gasteiger partial charge in [0.15, 0.2) is 5.82 Å². The molecule has 192 valence electrons. The number of hydrogen-bond acceptors (Lipinski definition) is 11. The molecule has 0 aliphatic carbocycles. The fourth-order valence-corrected chi connectivity index (χ4v) is 4.55. The molecule has 5 rings (SSSR count). The monoisotopic (exact) mass is 502 g/mol. The molecule has 2 aliphatic rings. The van der Waals surface area contributed by atoms with E-state index in [2.05, 4.69) is 52.6 Å². The van der Waals surface area contributed by atoms with Crippen LogP contribution in [0.25, 0.3) is 5.82 Å². The lowest BCUT2D eigenvalue weighted by molar-refractivity contribution is -0.129. The predicted molar refractivity (Wildman–Crippen MR) is 140 cm³/mol. The smallest absolute Gasteiger partial charge is 0.248 e. The fourth-order valence-electron chi connectivity index (χ4n) is 4.55. The Bertz CT molecular complexity index is 1260. The third-order valence-electron chi connectivity index (χ3n) is 6.50. The van der Waals surface area contributed by atoms with Gasteiger partial charge in [0, 0.05) is 69.8 Å². The number of nitrogens with two attached hydrogens (primary N) is 1. The van der Waals surface area contributed by atoms with Gasteiger partial charge in [-0.15, -0.1) is 5.10 Å². The maximum atomic E-state index is 12.1. The van der Waals surface area contributed by atoms with E-state index in [1.807, 2.05) is 24.3 Å². The summed E-state index contributed by atoms with van der Waals surface area (Å²) in [6.07, 6.45) is 2.15. The molecule has 0 saturated carbocycles. The van der Waals surface area contributed by atoms with Crippen molar-refractivity contribution >= 4 is 35.0 Å². The van der Waals surface area contributed by atoms with E-state index in [1.165, 1.54) is 16.7 Å². The first-order valence-electron chi connectivity index (χ1n) is 12.4. The minimum absolute atomic E-state index is 0.0973. The zero-order valence-electron chi connectivity index (χ0n) is 20.5. The van der Waals surface area contributed by atoms with Crippen LogP contribution in [0.2, 0.25) is 0 Å². The molecular formula is C24H30N12O. The van der Waals surface area contributed by atoms with Crippen LogP contribution in [0.4, 0.5) is 29.1 Å². The first kappa shape index (κ1) is 24.3. The highest BCUT2D eigenvalue weighted by Crippen LogP contribution is 2.22. The van der Waals surface area contributed by atoms with E-state index in [0.717, 1.165) is 44.8 Å². The summed E-state index contributed by atoms with van der Waals surface area (Å²) in [6, 6.07) is 11.9. The molecule has 4 N–H and O–H groups in total. The Hall–Kier alpha value is -4.44. The normalized spacial score (nSPS) is 16.2. The molecule has 0 unspecified atom stereocenters. The molecule has 2 fully saturated rings. The lowest BCUT2D eigenvalue weighted by atomic mass is 10.2. The zero-order chi connectivity index (χ0) is 25.6. The Morgan fingerprint density at radius 2 is 1.81 bits per heavy atom. The molecule has 2 aliphatic heterocycles. The van der Waals surface area contributed by atoms with Gasteiger partial charge in [-0.05, 0) is 30.7 Å². The van der Waals surface area contributed by atoms with Crippen molar-refractivity contribution < 1.29 is 4.79 Å². The lowest BCUT2D eigenvalue weighted by Crippen LogP contribution is -2.43. The van der Waals surface area contributed by atoms with Gasteiger partial charge in [0.05, 0.1) is 6.07 Å². The number of nitriles is 1. The van der Waals surface area contributed by atoms with Crippen molar-refractivity contribution in [1.29, 1.82) is 5.26 Å². The van der Waals surface area contributed by atoms with E-state index in [4.69, 9.17) is 11.0 Å². The van der Waals surface area contributed by atoms with Crippen molar-refractivity contribution in [3.63, 3.8) is 0 Å². The van der Waals surface area contributed by atoms with Gasteiger partial charge in [-0.2, -0.15) is 14.9 Å². The highest BCUT2D eigenvalue weighted by Gasteiger charge is 2.21. The van der Waals surface area contributed by atoms with Crippen LogP contribution in [0.3, 0.4) is 0 Å². The van der Waals surface area contributed by atoms with E-state index < -0.39 is 0 Å². The van der Waals surface area contributed by atoms with Crippen LogP contribution in [-0.2, 0) is 4.79 Å². The van der Waals surface area contributed by atoms with Gasteiger partial charge >= 0.3 is 0 Å². The number of piperazine rings is 1. The first-order chi connectivity index (χ1) is 18.1. The highest BCUT2D eigenvalue weighted by molar-refractivity contribution is 5.78. The van der Waals surface area contributed by atoms with E-state index in [-0.39, 0.29) is 18.3 Å². The molecule has 13 heteroatoms. The van der Waals surface area contributed by atoms with Crippen molar-refractivity contribution in [2.75, 3.05) is 73.2 Å². The maximum Gasteiger partial charge on any atom is 0.248 e. The number of aromatic nitrogens is 5. The summed E-state index contributed by atoms with van der Waals surface area (Å²) in [4.78, 5) is 31.4. The van der Waals surface area contributed by atoms with Crippen LogP contribution in [-0.4, -0.2) is 87.9 Å². The van der Waals surface area contributed by atoms with Crippen molar-refractivity contribution in [3.05, 3.63) is 36.7 Å². The second-order valence-corrected chi connectivity index (χ2v) is 8.91. The largest absolute Gasteiger partial charge is 0.369 e. The summed E-state index contributed by atoms with van der Waals surface area (Å²) < 4.78 is 1.48. The van der Waals surface area contributed by atoms with Crippen LogP contribution in [0.15, 0.2) is 36.7 Å². The Morgan fingerprint density at radius 1 is 1.03 bits per heavy atom. The van der Waals surface area contributed by atoms with Crippen LogP contribution in [0.1, 0.15) is 12.8 Å². The number of amides is 1. The number of benzene rings is 1. The van der Waals surface area contributed by atoms with Gasteiger partial charge in [0.25, 0.3) is 0 Å². The number of anilines is 5. The van der Waals surface area contributed by atoms with E-state index in [0.29, 0.717) is 37.2 Å². The summed E-state index contributed by atoms with van der Waals surface area (Å²) in [5.74, 6) is 1.65. The topological polar surface area (TPSA) is 157 Å². The molecule has 0 radical (unpaired) electrons. The summed E-state index contributed by atoms with van der Waals surface area (Å²) in [5.41, 5.74) is 8.22. The molecule has 1 amide bonds. The second-order valence-electron chi connectivity index (χ2n) is 8.91. The zero-order valence-corrected chi connectivity index (χ0v) is 20.5. The summed E-state index contributed by atoms with van der Waals surface area (Å²) >= 11 is 0. The lowest BCUT2D eigenvalue weighted by Gasteiger charge is -2.29. The number of nitrogens with zero attached hydrogens (tertiary/aromatic N) is 9. The molecular weight excluding hydrogens is 472 g/mol. The summed E-state index contributed by atoms with van der Waals surface area (Å²) in [6.45, 7) is 6.46. The molecule has 0 bridgehead atoms. The fraction of sp³-hybridized carbons (Fsp3) is 0.417. The minimum atomic E-state index is -0.137. The molecule has 0 atom stereocenters. The molecule has 1 aromatic carbocycles. The van der Waals surface area contributed by atoms with Gasteiger partial charge in [0.1, 0.15) is 18.6 Å². The van der Waals surface area contributed by atoms with Gasteiger partial charge in [-0.3, -0.25) is 4.79 Å². The Morgan fingerprint density at radius 3 is 2.59 bits per heavy atom. The molecule has 4 heterocycles. The third kappa shape index (κ3) is 5.70. The van der Waals surface area contributed by atoms with Crippen LogP contribution >= 0.6 is 0 Å². The molecule has 37 heavy (non-hydrogen) atoms. The third-order valence-corrected chi connectivity index (χ3v) is 6.50. The van der Waals surface area contributed by atoms with Gasteiger partial charge in [-0.25, -0.2) is 9.97 Å². The number of carbonyl (C=O) groups excluding carboxylic acids is 1. The maximum absolute atomic E-state index is 12.1. The van der Waals surface area contributed by atoms with Gasteiger partial charge in [0.2, 0.25) is 17.8 Å². The van der Waals surface area contributed by atoms with E-state index >= 15 is 0 Å². The van der Waals surface area contributed by atoms with Crippen LogP contribution in [0, 0.1) is 11.3 Å². The first-order valence-corrected chi connectivity index (χ1v) is 12.4. The minimum Gasteiger partial charge on any atom is -0.369 e. The predicted octanol–water partition coefficient (Wildman–Crippen LogP) is 0.745. The van der Waals surface area contributed by atoms with Crippen molar-refractivity contribution in [1.82, 2.24) is 34.9 Å². The van der Waals surface area contributed by atoms with Crippen molar-refractivity contribution in [3.8, 4) is 11.9 Å². The summed E-state index contributed by atoms with van der Waals surface area (Å²) in [7, 11) is 0.